The second-order valence-electron chi connectivity index (χ2n) is 5.95. The first-order valence-corrected chi connectivity index (χ1v) is 8.78. The van der Waals surface area contributed by atoms with Crippen LogP contribution in [0.25, 0.3) is 0 Å². The summed E-state index contributed by atoms with van der Waals surface area (Å²) in [4.78, 5) is 6.65. The second-order valence-corrected chi connectivity index (χ2v) is 6.73. The highest BCUT2D eigenvalue weighted by Gasteiger charge is 2.45. The standard InChI is InChI=1S/C17H20N2O2S/c1-3-14(9-18-6-1)21-16-11-19(10-13-5-8-22-12-13)15-4-2-7-20-17(15)16/h1,3,5-6,8-9,12,15-17H,2,4,7,10-11H2/t15-,16-,17+/m1/s1. The number of fused-ring (bicyclic) bond motifs is 1. The lowest BCUT2D eigenvalue weighted by atomic mass is 10.0. The highest BCUT2D eigenvalue weighted by atomic mass is 32.1. The summed E-state index contributed by atoms with van der Waals surface area (Å²) in [6.45, 7) is 2.75. The molecular weight excluding hydrogens is 296 g/mol. The molecule has 0 radical (unpaired) electrons. The van der Waals surface area contributed by atoms with Crippen molar-refractivity contribution in [2.24, 2.45) is 0 Å². The zero-order valence-electron chi connectivity index (χ0n) is 12.4. The van der Waals surface area contributed by atoms with Gasteiger partial charge in [-0.2, -0.15) is 11.3 Å². The minimum atomic E-state index is 0.0909. The lowest BCUT2D eigenvalue weighted by Gasteiger charge is -2.32. The third-order valence-electron chi connectivity index (χ3n) is 4.47. The summed E-state index contributed by atoms with van der Waals surface area (Å²) in [7, 11) is 0. The molecule has 2 saturated heterocycles. The predicted molar refractivity (Wildman–Crippen MR) is 86.1 cm³/mol. The molecule has 0 bridgehead atoms. The topological polar surface area (TPSA) is 34.6 Å². The summed E-state index contributed by atoms with van der Waals surface area (Å²) < 4.78 is 12.2. The van der Waals surface area contributed by atoms with Gasteiger partial charge in [0.25, 0.3) is 0 Å². The summed E-state index contributed by atoms with van der Waals surface area (Å²) >= 11 is 1.76. The Morgan fingerprint density at radius 2 is 2.41 bits per heavy atom. The van der Waals surface area contributed by atoms with Crippen LogP contribution in [0.3, 0.4) is 0 Å². The van der Waals surface area contributed by atoms with E-state index in [0.29, 0.717) is 6.04 Å². The van der Waals surface area contributed by atoms with E-state index in [1.807, 2.05) is 12.1 Å². The third-order valence-corrected chi connectivity index (χ3v) is 5.20. The number of nitrogens with zero attached hydrogens (tertiary/aromatic N) is 2. The molecule has 4 rings (SSSR count). The number of ether oxygens (including phenoxy) is 2. The fourth-order valence-corrected chi connectivity index (χ4v) is 4.16. The van der Waals surface area contributed by atoms with Crippen molar-refractivity contribution >= 4 is 11.3 Å². The Kier molecular flexibility index (Phi) is 4.10. The van der Waals surface area contributed by atoms with Crippen molar-refractivity contribution < 1.29 is 9.47 Å². The van der Waals surface area contributed by atoms with E-state index in [0.717, 1.165) is 31.9 Å². The Morgan fingerprint density at radius 3 is 3.23 bits per heavy atom. The zero-order chi connectivity index (χ0) is 14.8. The number of thiophene rings is 1. The molecule has 4 heterocycles. The average Bonchev–Trinajstić information content (AvgIpc) is 3.18. The molecule has 0 aromatic carbocycles. The van der Waals surface area contributed by atoms with Crippen molar-refractivity contribution in [3.8, 4) is 5.75 Å². The summed E-state index contributed by atoms with van der Waals surface area (Å²) in [6.07, 6.45) is 6.15. The molecule has 2 aromatic rings. The fourth-order valence-electron chi connectivity index (χ4n) is 3.50. The van der Waals surface area contributed by atoms with Crippen LogP contribution in [0.1, 0.15) is 18.4 Å². The molecule has 4 nitrogen and oxygen atoms in total. The van der Waals surface area contributed by atoms with Gasteiger partial charge >= 0.3 is 0 Å². The minimum absolute atomic E-state index is 0.0909. The summed E-state index contributed by atoms with van der Waals surface area (Å²) in [5.41, 5.74) is 1.39. The first-order chi connectivity index (χ1) is 10.9. The highest BCUT2D eigenvalue weighted by Crippen LogP contribution is 2.32. The molecule has 0 unspecified atom stereocenters. The minimum Gasteiger partial charge on any atom is -0.485 e. The zero-order valence-corrected chi connectivity index (χ0v) is 13.2. The maximum Gasteiger partial charge on any atom is 0.139 e. The molecule has 22 heavy (non-hydrogen) atoms. The first kappa shape index (κ1) is 14.2. The van der Waals surface area contributed by atoms with Crippen LogP contribution in [0.2, 0.25) is 0 Å². The van der Waals surface area contributed by atoms with Crippen LogP contribution in [0, 0.1) is 0 Å². The quantitative estimate of drug-likeness (QED) is 0.868. The number of aromatic nitrogens is 1. The molecule has 0 N–H and O–H groups in total. The van der Waals surface area contributed by atoms with E-state index in [-0.39, 0.29) is 12.2 Å². The van der Waals surface area contributed by atoms with Gasteiger partial charge in [-0.3, -0.25) is 9.88 Å². The first-order valence-electron chi connectivity index (χ1n) is 7.83. The van der Waals surface area contributed by atoms with Gasteiger partial charge in [0, 0.05) is 31.9 Å². The lowest BCUT2D eigenvalue weighted by molar-refractivity contribution is -0.0472. The molecule has 5 heteroatoms. The van der Waals surface area contributed by atoms with Gasteiger partial charge in [0.2, 0.25) is 0 Å². The van der Waals surface area contributed by atoms with Crippen molar-refractivity contribution in [2.75, 3.05) is 13.2 Å². The monoisotopic (exact) mass is 316 g/mol. The van der Waals surface area contributed by atoms with E-state index in [4.69, 9.17) is 9.47 Å². The Balaban J connectivity index is 1.50. The van der Waals surface area contributed by atoms with Gasteiger partial charge in [-0.25, -0.2) is 0 Å². The van der Waals surface area contributed by atoms with Crippen LogP contribution in [-0.4, -0.2) is 41.3 Å². The van der Waals surface area contributed by atoms with E-state index in [1.165, 1.54) is 12.0 Å². The van der Waals surface area contributed by atoms with Crippen molar-refractivity contribution in [3.05, 3.63) is 46.9 Å². The number of pyridine rings is 1. The number of hydrogen-bond donors (Lipinski definition) is 0. The van der Waals surface area contributed by atoms with Crippen LogP contribution in [0.15, 0.2) is 41.4 Å². The molecule has 2 aliphatic heterocycles. The fraction of sp³-hybridized carbons (Fsp3) is 0.471. The van der Waals surface area contributed by atoms with Gasteiger partial charge in [0.1, 0.15) is 18.0 Å². The van der Waals surface area contributed by atoms with Crippen molar-refractivity contribution in [2.45, 2.75) is 37.6 Å². The van der Waals surface area contributed by atoms with E-state index in [9.17, 15) is 0 Å². The van der Waals surface area contributed by atoms with Crippen LogP contribution in [0.4, 0.5) is 0 Å². The molecule has 116 valence electrons. The second kappa shape index (κ2) is 6.36. The third kappa shape index (κ3) is 2.89. The van der Waals surface area contributed by atoms with Gasteiger partial charge in [-0.15, -0.1) is 0 Å². The molecule has 0 spiro atoms. The number of hydrogen-bond acceptors (Lipinski definition) is 5. The maximum absolute atomic E-state index is 6.17. The molecular formula is C17H20N2O2S. The molecule has 2 aromatic heterocycles. The van der Waals surface area contributed by atoms with Crippen molar-refractivity contribution in [1.82, 2.24) is 9.88 Å². The van der Waals surface area contributed by atoms with Gasteiger partial charge in [0.05, 0.1) is 6.20 Å². The van der Waals surface area contributed by atoms with Crippen molar-refractivity contribution in [1.29, 1.82) is 0 Å². The van der Waals surface area contributed by atoms with Crippen LogP contribution < -0.4 is 4.74 Å². The average molecular weight is 316 g/mol. The van der Waals surface area contributed by atoms with E-state index < -0.39 is 0 Å². The molecule has 0 amide bonds. The highest BCUT2D eigenvalue weighted by molar-refractivity contribution is 7.07. The Morgan fingerprint density at radius 1 is 1.41 bits per heavy atom. The van der Waals surface area contributed by atoms with Crippen molar-refractivity contribution in [3.63, 3.8) is 0 Å². The van der Waals surface area contributed by atoms with Gasteiger partial charge in [-0.1, -0.05) is 0 Å². The van der Waals surface area contributed by atoms with Gasteiger partial charge in [0.15, 0.2) is 0 Å². The SMILES string of the molecule is c1cncc(O[C@@H]2CN(Cc3ccsc3)[C@@H]3CCCO[C@@H]32)c1. The molecule has 2 aliphatic rings. The van der Waals surface area contributed by atoms with E-state index in [2.05, 4.69) is 26.7 Å². The Labute approximate surface area is 134 Å². The van der Waals surface area contributed by atoms with Crippen LogP contribution in [0.5, 0.6) is 5.75 Å². The van der Waals surface area contributed by atoms with Gasteiger partial charge < -0.3 is 9.47 Å². The molecule has 3 atom stereocenters. The predicted octanol–water partition coefficient (Wildman–Crippen LogP) is 2.95. The molecule has 0 saturated carbocycles. The Hall–Kier alpha value is -1.43. The molecule has 0 aliphatic carbocycles. The van der Waals surface area contributed by atoms with E-state index >= 15 is 0 Å². The summed E-state index contributed by atoms with van der Waals surface area (Å²) in [5.74, 6) is 0.831. The largest absolute Gasteiger partial charge is 0.485 e. The smallest absolute Gasteiger partial charge is 0.139 e. The summed E-state index contributed by atoms with van der Waals surface area (Å²) in [6, 6.07) is 6.55. The lowest BCUT2D eigenvalue weighted by Crippen LogP contribution is -2.42. The summed E-state index contributed by atoms with van der Waals surface area (Å²) in [5, 5.41) is 4.37. The Bertz CT molecular complexity index is 590. The maximum atomic E-state index is 6.17. The van der Waals surface area contributed by atoms with Crippen LogP contribution in [-0.2, 0) is 11.3 Å². The van der Waals surface area contributed by atoms with Gasteiger partial charge in [-0.05, 0) is 47.4 Å². The number of rotatable bonds is 4. The van der Waals surface area contributed by atoms with E-state index in [1.54, 1.807) is 23.7 Å². The molecule has 2 fully saturated rings. The van der Waals surface area contributed by atoms with Crippen LogP contribution >= 0.6 is 11.3 Å². The normalized spacial score (nSPS) is 28.5. The number of likely N-dealkylation sites (tertiary alicyclic amines) is 1.